The summed E-state index contributed by atoms with van der Waals surface area (Å²) >= 11 is 0. The van der Waals surface area contributed by atoms with E-state index in [0.717, 1.165) is 25.9 Å². The van der Waals surface area contributed by atoms with Crippen molar-refractivity contribution in [3.05, 3.63) is 30.1 Å². The zero-order valence-electron chi connectivity index (χ0n) is 9.39. The van der Waals surface area contributed by atoms with Gasteiger partial charge in [0.25, 0.3) is 5.91 Å². The highest BCUT2D eigenvalue weighted by Crippen LogP contribution is 2.03. The SMILES string of the molecule is Cl.Cl.O=C(N[C@H]1CCCNC1)c1ccncc1. The lowest BCUT2D eigenvalue weighted by Crippen LogP contribution is -2.45. The molecule has 0 aliphatic carbocycles. The average Bonchev–Trinajstić information content (AvgIpc) is 2.31. The number of halogens is 2. The Morgan fingerprint density at radius 1 is 1.35 bits per heavy atom. The van der Waals surface area contributed by atoms with Gasteiger partial charge in [-0.2, -0.15) is 0 Å². The van der Waals surface area contributed by atoms with E-state index in [1.54, 1.807) is 24.5 Å². The minimum atomic E-state index is -0.00824. The van der Waals surface area contributed by atoms with Crippen LogP contribution >= 0.6 is 24.8 Å². The Morgan fingerprint density at radius 2 is 2.06 bits per heavy atom. The van der Waals surface area contributed by atoms with Crippen molar-refractivity contribution in [1.82, 2.24) is 15.6 Å². The summed E-state index contributed by atoms with van der Waals surface area (Å²) in [4.78, 5) is 15.6. The molecule has 0 bridgehead atoms. The molecule has 0 spiro atoms. The van der Waals surface area contributed by atoms with Crippen molar-refractivity contribution in [2.45, 2.75) is 18.9 Å². The van der Waals surface area contributed by atoms with E-state index in [0.29, 0.717) is 5.56 Å². The minimum Gasteiger partial charge on any atom is -0.348 e. The maximum absolute atomic E-state index is 11.7. The molecule has 0 unspecified atom stereocenters. The number of pyridine rings is 1. The van der Waals surface area contributed by atoms with Gasteiger partial charge >= 0.3 is 0 Å². The van der Waals surface area contributed by atoms with Crippen molar-refractivity contribution in [3.63, 3.8) is 0 Å². The number of nitrogens with one attached hydrogen (secondary N) is 2. The summed E-state index contributed by atoms with van der Waals surface area (Å²) in [5, 5.41) is 6.27. The van der Waals surface area contributed by atoms with Crippen LogP contribution in [0.4, 0.5) is 0 Å². The summed E-state index contributed by atoms with van der Waals surface area (Å²) in [6.45, 7) is 1.93. The zero-order valence-corrected chi connectivity index (χ0v) is 11.0. The van der Waals surface area contributed by atoms with Gasteiger partial charge < -0.3 is 10.6 Å². The van der Waals surface area contributed by atoms with E-state index in [4.69, 9.17) is 0 Å². The molecular weight excluding hydrogens is 261 g/mol. The first-order valence-electron chi connectivity index (χ1n) is 5.28. The summed E-state index contributed by atoms with van der Waals surface area (Å²) < 4.78 is 0. The molecule has 1 aromatic rings. The lowest BCUT2D eigenvalue weighted by atomic mass is 10.1. The average molecular weight is 278 g/mol. The Bertz CT molecular complexity index is 329. The number of rotatable bonds is 2. The third-order valence-electron chi connectivity index (χ3n) is 2.57. The fourth-order valence-corrected chi connectivity index (χ4v) is 1.75. The summed E-state index contributed by atoms with van der Waals surface area (Å²) in [5.74, 6) is -0.00824. The lowest BCUT2D eigenvalue weighted by Gasteiger charge is -2.23. The van der Waals surface area contributed by atoms with E-state index >= 15 is 0 Å². The molecule has 0 aromatic carbocycles. The number of hydrogen-bond donors (Lipinski definition) is 2. The minimum absolute atomic E-state index is 0. The Kier molecular flexibility index (Phi) is 7.87. The largest absolute Gasteiger partial charge is 0.348 e. The second-order valence-electron chi connectivity index (χ2n) is 3.75. The van der Waals surface area contributed by atoms with Crippen LogP contribution in [0.2, 0.25) is 0 Å². The van der Waals surface area contributed by atoms with Crippen LogP contribution in [0.1, 0.15) is 23.2 Å². The number of aromatic nitrogens is 1. The summed E-state index contributed by atoms with van der Waals surface area (Å²) in [7, 11) is 0. The summed E-state index contributed by atoms with van der Waals surface area (Å²) in [6.07, 6.45) is 5.45. The number of piperidine rings is 1. The van der Waals surface area contributed by atoms with E-state index < -0.39 is 0 Å². The molecule has 6 heteroatoms. The highest BCUT2D eigenvalue weighted by Gasteiger charge is 2.15. The molecule has 2 heterocycles. The molecule has 0 saturated carbocycles. The molecule has 2 N–H and O–H groups in total. The highest BCUT2D eigenvalue weighted by atomic mass is 35.5. The van der Waals surface area contributed by atoms with E-state index in [9.17, 15) is 4.79 Å². The van der Waals surface area contributed by atoms with Crippen LogP contribution in [0.5, 0.6) is 0 Å². The van der Waals surface area contributed by atoms with Crippen molar-refractivity contribution < 1.29 is 4.79 Å². The Morgan fingerprint density at radius 3 is 2.65 bits per heavy atom. The smallest absolute Gasteiger partial charge is 0.251 e. The fraction of sp³-hybridized carbons (Fsp3) is 0.455. The number of carbonyl (C=O) groups excluding carboxylic acids is 1. The molecule has 96 valence electrons. The van der Waals surface area contributed by atoms with Crippen molar-refractivity contribution >= 4 is 30.7 Å². The first kappa shape index (κ1) is 16.2. The number of amides is 1. The van der Waals surface area contributed by atoms with Crippen molar-refractivity contribution in [3.8, 4) is 0 Å². The van der Waals surface area contributed by atoms with E-state index in [2.05, 4.69) is 15.6 Å². The van der Waals surface area contributed by atoms with Gasteiger partial charge in [-0.05, 0) is 31.5 Å². The molecule has 1 amide bonds. The van der Waals surface area contributed by atoms with Crippen LogP contribution in [0.3, 0.4) is 0 Å². The maximum atomic E-state index is 11.7. The molecule has 1 aliphatic heterocycles. The van der Waals surface area contributed by atoms with Crippen LogP contribution in [0.15, 0.2) is 24.5 Å². The van der Waals surface area contributed by atoms with Gasteiger partial charge in [-0.3, -0.25) is 9.78 Å². The van der Waals surface area contributed by atoms with E-state index in [-0.39, 0.29) is 36.8 Å². The predicted octanol–water partition coefficient (Wildman–Crippen LogP) is 1.41. The molecule has 0 radical (unpaired) electrons. The van der Waals surface area contributed by atoms with Crippen LogP contribution in [-0.4, -0.2) is 30.0 Å². The highest BCUT2D eigenvalue weighted by molar-refractivity contribution is 5.94. The van der Waals surface area contributed by atoms with Crippen molar-refractivity contribution in [2.75, 3.05) is 13.1 Å². The number of carbonyl (C=O) groups is 1. The van der Waals surface area contributed by atoms with Crippen molar-refractivity contribution in [2.24, 2.45) is 0 Å². The predicted molar refractivity (Wildman–Crippen MR) is 72.1 cm³/mol. The van der Waals surface area contributed by atoms with Crippen LogP contribution < -0.4 is 10.6 Å². The maximum Gasteiger partial charge on any atom is 0.251 e. The van der Waals surface area contributed by atoms with E-state index in [1.807, 2.05) is 0 Å². The van der Waals surface area contributed by atoms with Crippen LogP contribution in [0.25, 0.3) is 0 Å². The van der Waals surface area contributed by atoms with Gasteiger partial charge in [0.15, 0.2) is 0 Å². The van der Waals surface area contributed by atoms with Gasteiger partial charge in [-0.25, -0.2) is 0 Å². The standard InChI is InChI=1S/C11H15N3O.2ClH/c15-11(9-3-6-12-7-4-9)14-10-2-1-5-13-8-10;;/h3-4,6-7,10,13H,1-2,5,8H2,(H,14,15);2*1H/t10-;;/m0../s1. The second kappa shape index (κ2) is 8.28. The number of nitrogens with zero attached hydrogens (tertiary/aromatic N) is 1. The topological polar surface area (TPSA) is 54.0 Å². The molecule has 1 atom stereocenters. The Labute approximate surface area is 113 Å². The van der Waals surface area contributed by atoms with E-state index in [1.165, 1.54) is 0 Å². The third-order valence-corrected chi connectivity index (χ3v) is 2.57. The lowest BCUT2D eigenvalue weighted by molar-refractivity contribution is 0.0930. The van der Waals surface area contributed by atoms with Crippen LogP contribution in [0, 0.1) is 0 Å². The fourth-order valence-electron chi connectivity index (χ4n) is 1.75. The molecule has 1 aromatic heterocycles. The molecule has 17 heavy (non-hydrogen) atoms. The van der Waals surface area contributed by atoms with Gasteiger partial charge in [0.2, 0.25) is 0 Å². The van der Waals surface area contributed by atoms with Crippen molar-refractivity contribution in [1.29, 1.82) is 0 Å². The third kappa shape index (κ3) is 4.89. The monoisotopic (exact) mass is 277 g/mol. The summed E-state index contributed by atoms with van der Waals surface area (Å²) in [6, 6.07) is 3.72. The van der Waals surface area contributed by atoms with Gasteiger partial charge in [-0.1, -0.05) is 0 Å². The molecule has 1 saturated heterocycles. The Hall–Kier alpha value is -0.840. The second-order valence-corrected chi connectivity index (χ2v) is 3.75. The van der Waals surface area contributed by atoms with Gasteiger partial charge in [0.1, 0.15) is 0 Å². The van der Waals surface area contributed by atoms with Gasteiger partial charge in [-0.15, -0.1) is 24.8 Å². The summed E-state index contributed by atoms with van der Waals surface area (Å²) in [5.41, 5.74) is 0.676. The molecule has 1 aliphatic rings. The molecule has 4 nitrogen and oxygen atoms in total. The normalized spacial score (nSPS) is 18.5. The first-order chi connectivity index (χ1) is 7.36. The number of hydrogen-bond acceptors (Lipinski definition) is 3. The molecule has 2 rings (SSSR count). The zero-order chi connectivity index (χ0) is 10.5. The quantitative estimate of drug-likeness (QED) is 0.860. The first-order valence-corrected chi connectivity index (χ1v) is 5.28. The van der Waals surface area contributed by atoms with Crippen LogP contribution in [-0.2, 0) is 0 Å². The Balaban J connectivity index is 0.00000128. The van der Waals surface area contributed by atoms with Gasteiger partial charge in [0.05, 0.1) is 0 Å². The molecule has 1 fully saturated rings. The molecular formula is C11H17Cl2N3O. The van der Waals surface area contributed by atoms with Gasteiger partial charge in [0, 0.05) is 30.5 Å².